The molecule has 0 bridgehead atoms. The van der Waals surface area contributed by atoms with Crippen molar-refractivity contribution in [3.63, 3.8) is 0 Å². The van der Waals surface area contributed by atoms with Crippen LogP contribution in [0.25, 0.3) is 0 Å². The van der Waals surface area contributed by atoms with Crippen LogP contribution in [-0.4, -0.2) is 21.9 Å². The molecular formula is C8H10Cl2N4O. The van der Waals surface area contributed by atoms with E-state index in [9.17, 15) is 4.79 Å². The van der Waals surface area contributed by atoms with Gasteiger partial charge in [0.1, 0.15) is 12.0 Å². The molecule has 1 heterocycles. The van der Waals surface area contributed by atoms with E-state index in [2.05, 4.69) is 15.3 Å². The second kappa shape index (κ2) is 5.25. The molecule has 3 N–H and O–H groups in total. The zero-order chi connectivity index (χ0) is 11.4. The largest absolute Gasteiger partial charge is 0.320 e. The average Bonchev–Trinajstić information content (AvgIpc) is 2.22. The van der Waals surface area contributed by atoms with Gasteiger partial charge in [0.15, 0.2) is 10.3 Å². The van der Waals surface area contributed by atoms with E-state index in [0.29, 0.717) is 6.42 Å². The van der Waals surface area contributed by atoms with E-state index in [0.717, 1.165) is 0 Å². The van der Waals surface area contributed by atoms with Crippen molar-refractivity contribution in [2.45, 2.75) is 19.4 Å². The minimum absolute atomic E-state index is 0.0895. The lowest BCUT2D eigenvalue weighted by molar-refractivity contribution is -0.117. The summed E-state index contributed by atoms with van der Waals surface area (Å²) in [7, 11) is 0. The fourth-order valence-electron chi connectivity index (χ4n) is 0.849. The van der Waals surface area contributed by atoms with Gasteiger partial charge in [0.05, 0.1) is 6.04 Å². The quantitative estimate of drug-likeness (QED) is 0.794. The summed E-state index contributed by atoms with van der Waals surface area (Å²) in [6.45, 7) is 1.80. The highest BCUT2D eigenvalue weighted by atomic mass is 35.5. The van der Waals surface area contributed by atoms with Gasteiger partial charge in [-0.05, 0) is 6.42 Å². The van der Waals surface area contributed by atoms with Crippen molar-refractivity contribution in [2.75, 3.05) is 5.32 Å². The molecule has 15 heavy (non-hydrogen) atoms. The Labute approximate surface area is 97.0 Å². The van der Waals surface area contributed by atoms with Crippen LogP contribution in [0.5, 0.6) is 0 Å². The first kappa shape index (κ1) is 12.2. The molecule has 82 valence electrons. The van der Waals surface area contributed by atoms with Crippen LogP contribution in [-0.2, 0) is 4.79 Å². The number of nitrogens with one attached hydrogen (secondary N) is 1. The Kier molecular flexibility index (Phi) is 4.26. The molecule has 0 saturated heterocycles. The van der Waals surface area contributed by atoms with E-state index < -0.39 is 6.04 Å². The summed E-state index contributed by atoms with van der Waals surface area (Å²) in [6, 6.07) is -0.600. The highest BCUT2D eigenvalue weighted by Gasteiger charge is 2.15. The van der Waals surface area contributed by atoms with E-state index in [-0.39, 0.29) is 21.9 Å². The smallest absolute Gasteiger partial charge is 0.241 e. The molecule has 1 aromatic rings. The van der Waals surface area contributed by atoms with E-state index in [1.807, 2.05) is 0 Å². The normalized spacial score (nSPS) is 12.3. The minimum Gasteiger partial charge on any atom is -0.320 e. The molecule has 0 fully saturated rings. The van der Waals surface area contributed by atoms with Gasteiger partial charge in [0.25, 0.3) is 0 Å². The molecule has 0 aliphatic rings. The topological polar surface area (TPSA) is 80.9 Å². The summed E-state index contributed by atoms with van der Waals surface area (Å²) in [5.41, 5.74) is 5.72. The molecule has 1 aromatic heterocycles. The molecule has 0 aliphatic carbocycles. The zero-order valence-corrected chi connectivity index (χ0v) is 9.51. The Morgan fingerprint density at radius 1 is 1.53 bits per heavy atom. The first-order chi connectivity index (χ1) is 7.06. The predicted octanol–water partition coefficient (Wildman–Crippen LogP) is 1.46. The number of hydrogen-bond donors (Lipinski definition) is 2. The van der Waals surface area contributed by atoms with Gasteiger partial charge in [-0.15, -0.1) is 0 Å². The first-order valence-corrected chi connectivity index (χ1v) is 5.04. The van der Waals surface area contributed by atoms with Crippen LogP contribution in [0.4, 0.5) is 5.69 Å². The lowest BCUT2D eigenvalue weighted by atomic mass is 10.2. The fraction of sp³-hybridized carbons (Fsp3) is 0.375. The van der Waals surface area contributed by atoms with Crippen molar-refractivity contribution >= 4 is 34.8 Å². The van der Waals surface area contributed by atoms with Gasteiger partial charge in [-0.2, -0.15) is 0 Å². The summed E-state index contributed by atoms with van der Waals surface area (Å²) in [5, 5.41) is 2.66. The molecule has 0 unspecified atom stereocenters. The number of nitrogens with zero attached hydrogens (tertiary/aromatic N) is 2. The Bertz CT molecular complexity index is 351. The second-order valence-corrected chi connectivity index (χ2v) is 3.55. The van der Waals surface area contributed by atoms with Crippen molar-refractivity contribution in [1.29, 1.82) is 0 Å². The zero-order valence-electron chi connectivity index (χ0n) is 8.00. The van der Waals surface area contributed by atoms with Crippen molar-refractivity contribution in [1.82, 2.24) is 9.97 Å². The third kappa shape index (κ3) is 3.02. The number of hydrogen-bond acceptors (Lipinski definition) is 4. The molecular weight excluding hydrogens is 239 g/mol. The van der Waals surface area contributed by atoms with E-state index in [1.54, 1.807) is 6.92 Å². The lowest BCUT2D eigenvalue weighted by Gasteiger charge is -2.11. The van der Waals surface area contributed by atoms with Gasteiger partial charge in [0, 0.05) is 0 Å². The Balaban J connectivity index is 2.85. The van der Waals surface area contributed by atoms with Crippen LogP contribution >= 0.6 is 23.2 Å². The number of anilines is 1. The summed E-state index contributed by atoms with van der Waals surface area (Å²) in [5.74, 6) is -0.365. The molecule has 5 nitrogen and oxygen atoms in total. The van der Waals surface area contributed by atoms with Crippen molar-refractivity contribution in [3.8, 4) is 0 Å². The standard InChI is InChI=1S/C8H10Cl2N4O/c1-2-4(11)8(15)14-5-6(9)12-3-13-7(5)10/h3-4H,2,11H2,1H3,(H,14,15)/t4-/m1/s1. The van der Waals surface area contributed by atoms with Crippen LogP contribution in [0.1, 0.15) is 13.3 Å². The predicted molar refractivity (Wildman–Crippen MR) is 58.9 cm³/mol. The maximum Gasteiger partial charge on any atom is 0.241 e. The third-order valence-electron chi connectivity index (χ3n) is 1.78. The maximum atomic E-state index is 11.4. The van der Waals surface area contributed by atoms with Gasteiger partial charge in [-0.25, -0.2) is 9.97 Å². The van der Waals surface area contributed by atoms with Gasteiger partial charge >= 0.3 is 0 Å². The average molecular weight is 249 g/mol. The van der Waals surface area contributed by atoms with E-state index in [4.69, 9.17) is 28.9 Å². The summed E-state index contributed by atoms with van der Waals surface area (Å²) in [4.78, 5) is 18.8. The fourth-order valence-corrected chi connectivity index (χ4v) is 1.26. The highest BCUT2D eigenvalue weighted by Crippen LogP contribution is 2.25. The third-order valence-corrected chi connectivity index (χ3v) is 2.35. The molecule has 0 aliphatic heterocycles. The van der Waals surface area contributed by atoms with Gasteiger partial charge in [-0.3, -0.25) is 4.79 Å². The summed E-state index contributed by atoms with van der Waals surface area (Å²) < 4.78 is 0. The maximum absolute atomic E-state index is 11.4. The van der Waals surface area contributed by atoms with Crippen molar-refractivity contribution < 1.29 is 4.79 Å². The number of nitrogens with two attached hydrogens (primary N) is 1. The molecule has 0 spiro atoms. The van der Waals surface area contributed by atoms with E-state index in [1.165, 1.54) is 6.33 Å². The van der Waals surface area contributed by atoms with Crippen LogP contribution < -0.4 is 11.1 Å². The van der Waals surface area contributed by atoms with Crippen LogP contribution in [0.2, 0.25) is 10.3 Å². The molecule has 7 heteroatoms. The monoisotopic (exact) mass is 248 g/mol. The van der Waals surface area contributed by atoms with Crippen molar-refractivity contribution in [2.24, 2.45) is 5.73 Å². The number of halogens is 2. The molecule has 1 amide bonds. The SMILES string of the molecule is CC[C@@H](N)C(=O)Nc1c(Cl)ncnc1Cl. The number of rotatable bonds is 3. The number of carbonyl (C=O) groups is 1. The van der Waals surface area contributed by atoms with Crippen LogP contribution in [0, 0.1) is 0 Å². The Hall–Kier alpha value is -0.910. The Morgan fingerprint density at radius 3 is 2.53 bits per heavy atom. The first-order valence-electron chi connectivity index (χ1n) is 4.28. The van der Waals surface area contributed by atoms with E-state index >= 15 is 0 Å². The minimum atomic E-state index is -0.600. The number of amides is 1. The van der Waals surface area contributed by atoms with Crippen LogP contribution in [0.15, 0.2) is 6.33 Å². The molecule has 1 atom stereocenters. The molecule has 0 aromatic carbocycles. The van der Waals surface area contributed by atoms with Gasteiger partial charge in [0.2, 0.25) is 5.91 Å². The second-order valence-electron chi connectivity index (χ2n) is 2.83. The highest BCUT2D eigenvalue weighted by molar-refractivity contribution is 6.38. The molecule has 0 radical (unpaired) electrons. The summed E-state index contributed by atoms with van der Waals surface area (Å²) in [6.07, 6.45) is 1.73. The summed E-state index contributed by atoms with van der Waals surface area (Å²) >= 11 is 11.5. The number of carbonyl (C=O) groups excluding carboxylic acids is 1. The van der Waals surface area contributed by atoms with Crippen molar-refractivity contribution in [3.05, 3.63) is 16.6 Å². The molecule has 1 rings (SSSR count). The van der Waals surface area contributed by atoms with Gasteiger partial charge < -0.3 is 11.1 Å². The Morgan fingerprint density at radius 2 is 2.07 bits per heavy atom. The van der Waals surface area contributed by atoms with Gasteiger partial charge in [-0.1, -0.05) is 30.1 Å². The molecule has 0 saturated carbocycles. The van der Waals surface area contributed by atoms with Crippen LogP contribution in [0.3, 0.4) is 0 Å². The lowest BCUT2D eigenvalue weighted by Crippen LogP contribution is -2.35. The number of aromatic nitrogens is 2.